The van der Waals surface area contributed by atoms with E-state index < -0.39 is 0 Å². The number of hydrogen-bond acceptors (Lipinski definition) is 3. The van der Waals surface area contributed by atoms with Crippen molar-refractivity contribution in [1.29, 1.82) is 0 Å². The highest BCUT2D eigenvalue weighted by Gasteiger charge is 2.14. The molecular weight excluding hydrogens is 356 g/mol. The standard InChI is InChI=1S/C18H17BrN2S/c1-3-4-13-9-10-20-11-16(13)18-21-17(12(2)22-18)14-5-7-15(19)8-6-14/h5-11H,3-4H2,1-2H3. The molecule has 0 spiro atoms. The fraction of sp³-hybridized carbons (Fsp3) is 0.222. The zero-order valence-electron chi connectivity index (χ0n) is 12.6. The smallest absolute Gasteiger partial charge is 0.126 e. The van der Waals surface area contributed by atoms with Crippen molar-refractivity contribution in [2.75, 3.05) is 0 Å². The van der Waals surface area contributed by atoms with Gasteiger partial charge in [0.2, 0.25) is 0 Å². The fourth-order valence-corrected chi connectivity index (χ4v) is 3.74. The van der Waals surface area contributed by atoms with Crippen molar-refractivity contribution in [2.45, 2.75) is 26.7 Å². The Labute approximate surface area is 143 Å². The predicted octanol–water partition coefficient (Wildman–Crippen LogP) is 5.90. The minimum Gasteiger partial charge on any atom is -0.264 e. The maximum Gasteiger partial charge on any atom is 0.126 e. The van der Waals surface area contributed by atoms with Crippen molar-refractivity contribution in [2.24, 2.45) is 0 Å². The van der Waals surface area contributed by atoms with Gasteiger partial charge >= 0.3 is 0 Å². The lowest BCUT2D eigenvalue weighted by atomic mass is 10.1. The van der Waals surface area contributed by atoms with Crippen LogP contribution in [0.25, 0.3) is 21.8 Å². The van der Waals surface area contributed by atoms with Gasteiger partial charge in [0.05, 0.1) is 5.69 Å². The Balaban J connectivity index is 2.04. The van der Waals surface area contributed by atoms with Crippen LogP contribution in [0.1, 0.15) is 23.8 Å². The molecule has 112 valence electrons. The van der Waals surface area contributed by atoms with E-state index in [1.165, 1.54) is 16.0 Å². The third kappa shape index (κ3) is 3.13. The minimum absolute atomic E-state index is 1.06. The van der Waals surface area contributed by atoms with Crippen molar-refractivity contribution < 1.29 is 0 Å². The molecule has 2 aromatic heterocycles. The van der Waals surface area contributed by atoms with Crippen molar-refractivity contribution in [3.05, 3.63) is 57.6 Å². The van der Waals surface area contributed by atoms with Crippen LogP contribution in [0.5, 0.6) is 0 Å². The quantitative estimate of drug-likeness (QED) is 0.569. The van der Waals surface area contributed by atoms with Crippen molar-refractivity contribution in [1.82, 2.24) is 9.97 Å². The number of halogens is 1. The molecule has 0 aliphatic rings. The second-order valence-electron chi connectivity index (χ2n) is 5.21. The van der Waals surface area contributed by atoms with E-state index in [0.29, 0.717) is 0 Å². The molecule has 3 aromatic rings. The first-order valence-corrected chi connectivity index (χ1v) is 8.96. The highest BCUT2D eigenvalue weighted by Crippen LogP contribution is 2.35. The Kier molecular flexibility index (Phi) is 4.69. The number of aryl methyl sites for hydroxylation is 2. The Morgan fingerprint density at radius 2 is 1.91 bits per heavy atom. The largest absolute Gasteiger partial charge is 0.264 e. The first-order valence-electron chi connectivity index (χ1n) is 7.35. The summed E-state index contributed by atoms with van der Waals surface area (Å²) in [5, 5.41) is 1.06. The van der Waals surface area contributed by atoms with Gasteiger partial charge in [-0.2, -0.15) is 0 Å². The maximum atomic E-state index is 4.89. The third-order valence-corrected chi connectivity index (χ3v) is 5.11. The average molecular weight is 373 g/mol. The number of hydrogen-bond donors (Lipinski definition) is 0. The summed E-state index contributed by atoms with van der Waals surface area (Å²) in [6.07, 6.45) is 5.99. The Bertz CT molecular complexity index is 778. The van der Waals surface area contributed by atoms with Crippen LogP contribution in [0, 0.1) is 6.92 Å². The fourth-order valence-electron chi connectivity index (χ4n) is 2.49. The zero-order chi connectivity index (χ0) is 15.5. The molecule has 0 saturated carbocycles. The zero-order valence-corrected chi connectivity index (χ0v) is 15.0. The summed E-state index contributed by atoms with van der Waals surface area (Å²) in [6, 6.07) is 10.4. The number of benzene rings is 1. The van der Waals surface area contributed by atoms with Gasteiger partial charge in [-0.15, -0.1) is 11.3 Å². The minimum atomic E-state index is 1.06. The van der Waals surface area contributed by atoms with Crippen molar-refractivity contribution >= 4 is 27.3 Å². The van der Waals surface area contributed by atoms with Crippen LogP contribution in [-0.4, -0.2) is 9.97 Å². The highest BCUT2D eigenvalue weighted by molar-refractivity contribution is 9.10. The summed E-state index contributed by atoms with van der Waals surface area (Å²) in [4.78, 5) is 10.4. The summed E-state index contributed by atoms with van der Waals surface area (Å²) >= 11 is 5.22. The van der Waals surface area contributed by atoms with Gasteiger partial charge < -0.3 is 0 Å². The second kappa shape index (κ2) is 6.71. The molecule has 0 bridgehead atoms. The highest BCUT2D eigenvalue weighted by atomic mass is 79.9. The van der Waals surface area contributed by atoms with Gasteiger partial charge in [0.15, 0.2) is 0 Å². The van der Waals surface area contributed by atoms with Crippen LogP contribution < -0.4 is 0 Å². The number of rotatable bonds is 4. The van der Waals surface area contributed by atoms with Gasteiger partial charge in [-0.05, 0) is 37.1 Å². The van der Waals surface area contributed by atoms with Gasteiger partial charge in [-0.3, -0.25) is 4.98 Å². The van der Waals surface area contributed by atoms with Gasteiger partial charge in [-0.25, -0.2) is 4.98 Å². The molecule has 0 amide bonds. The van der Waals surface area contributed by atoms with E-state index in [9.17, 15) is 0 Å². The van der Waals surface area contributed by atoms with E-state index in [4.69, 9.17) is 4.98 Å². The Morgan fingerprint density at radius 3 is 2.64 bits per heavy atom. The van der Waals surface area contributed by atoms with E-state index in [1.54, 1.807) is 11.3 Å². The lowest BCUT2D eigenvalue weighted by Gasteiger charge is -2.04. The molecule has 4 heteroatoms. The molecular formula is C18H17BrN2S. The van der Waals surface area contributed by atoms with Gasteiger partial charge in [-0.1, -0.05) is 41.4 Å². The molecule has 3 rings (SSSR count). The lowest BCUT2D eigenvalue weighted by molar-refractivity contribution is 0.920. The van der Waals surface area contributed by atoms with E-state index in [1.807, 2.05) is 12.4 Å². The Morgan fingerprint density at radius 1 is 1.14 bits per heavy atom. The van der Waals surface area contributed by atoms with Gasteiger partial charge in [0.1, 0.15) is 5.01 Å². The second-order valence-corrected chi connectivity index (χ2v) is 7.33. The molecule has 0 aliphatic carbocycles. The van der Waals surface area contributed by atoms with Crippen LogP contribution in [0.2, 0.25) is 0 Å². The normalized spacial score (nSPS) is 10.9. The van der Waals surface area contributed by atoms with E-state index in [-0.39, 0.29) is 0 Å². The average Bonchev–Trinajstić information content (AvgIpc) is 2.91. The number of pyridine rings is 1. The molecule has 0 saturated heterocycles. The van der Waals surface area contributed by atoms with Crippen molar-refractivity contribution in [3.63, 3.8) is 0 Å². The summed E-state index contributed by atoms with van der Waals surface area (Å²) < 4.78 is 1.09. The third-order valence-electron chi connectivity index (χ3n) is 3.58. The summed E-state index contributed by atoms with van der Waals surface area (Å²) in [7, 11) is 0. The summed E-state index contributed by atoms with van der Waals surface area (Å²) in [5.74, 6) is 0. The first kappa shape index (κ1) is 15.4. The van der Waals surface area contributed by atoms with Crippen LogP contribution in [0.4, 0.5) is 0 Å². The summed E-state index contributed by atoms with van der Waals surface area (Å²) in [6.45, 7) is 4.33. The molecule has 1 aromatic carbocycles. The molecule has 2 heterocycles. The lowest BCUT2D eigenvalue weighted by Crippen LogP contribution is -1.90. The predicted molar refractivity (Wildman–Crippen MR) is 97.2 cm³/mol. The van der Waals surface area contributed by atoms with Crippen LogP contribution in [-0.2, 0) is 6.42 Å². The Hall–Kier alpha value is -1.52. The topological polar surface area (TPSA) is 25.8 Å². The number of aromatic nitrogens is 2. The molecule has 0 aliphatic heterocycles. The maximum absolute atomic E-state index is 4.89. The van der Waals surface area contributed by atoms with Crippen molar-refractivity contribution in [3.8, 4) is 21.8 Å². The molecule has 0 atom stereocenters. The molecule has 0 radical (unpaired) electrons. The molecule has 2 nitrogen and oxygen atoms in total. The van der Waals surface area contributed by atoms with E-state index >= 15 is 0 Å². The van der Waals surface area contributed by atoms with Gasteiger partial charge in [0, 0.05) is 32.9 Å². The molecule has 0 fully saturated rings. The molecule has 22 heavy (non-hydrogen) atoms. The number of thiazole rings is 1. The molecule has 0 unspecified atom stereocenters. The van der Waals surface area contributed by atoms with Crippen LogP contribution in [0.3, 0.4) is 0 Å². The monoisotopic (exact) mass is 372 g/mol. The summed E-state index contributed by atoms with van der Waals surface area (Å²) in [5.41, 5.74) is 4.72. The SMILES string of the molecule is CCCc1ccncc1-c1nc(-c2ccc(Br)cc2)c(C)s1. The van der Waals surface area contributed by atoms with Crippen LogP contribution >= 0.6 is 27.3 Å². The van der Waals surface area contributed by atoms with E-state index in [2.05, 4.69) is 65.1 Å². The number of nitrogens with zero attached hydrogens (tertiary/aromatic N) is 2. The van der Waals surface area contributed by atoms with Crippen LogP contribution in [0.15, 0.2) is 47.2 Å². The van der Waals surface area contributed by atoms with Gasteiger partial charge in [0.25, 0.3) is 0 Å². The molecule has 0 N–H and O–H groups in total. The first-order chi connectivity index (χ1) is 10.7. The van der Waals surface area contributed by atoms with E-state index in [0.717, 1.165) is 33.6 Å².